The molecule has 0 saturated carbocycles. The lowest BCUT2D eigenvalue weighted by Crippen LogP contribution is -2.33. The van der Waals surface area contributed by atoms with Crippen LogP contribution in [0.1, 0.15) is 41.0 Å². The van der Waals surface area contributed by atoms with Crippen LogP contribution in [0.25, 0.3) is 0 Å². The van der Waals surface area contributed by atoms with Crippen LogP contribution in [0, 0.1) is 5.92 Å². The quantitative estimate of drug-likeness (QED) is 0.648. The number of carboxylic acid groups (broad SMARTS) is 1. The van der Waals surface area contributed by atoms with E-state index in [1.54, 1.807) is 6.92 Å². The SMILES string of the molecule is CCC(C)(C)SCC(OC(=O)[C@@H](C)CSC(C)=O)C(=O)O. The van der Waals surface area contributed by atoms with Gasteiger partial charge in [-0.1, -0.05) is 39.5 Å². The van der Waals surface area contributed by atoms with Crippen molar-refractivity contribution in [2.24, 2.45) is 5.92 Å². The highest BCUT2D eigenvalue weighted by Gasteiger charge is 2.28. The van der Waals surface area contributed by atoms with Crippen molar-refractivity contribution < 1.29 is 24.2 Å². The van der Waals surface area contributed by atoms with Gasteiger partial charge in [0, 0.05) is 23.2 Å². The first-order valence-electron chi connectivity index (χ1n) is 6.79. The van der Waals surface area contributed by atoms with E-state index in [2.05, 4.69) is 0 Å². The number of carbonyl (C=O) groups is 3. The average molecular weight is 336 g/mol. The monoisotopic (exact) mass is 336 g/mol. The molecule has 1 N–H and O–H groups in total. The first kappa shape index (κ1) is 20.3. The van der Waals surface area contributed by atoms with E-state index in [1.807, 2.05) is 20.8 Å². The molecular weight excluding hydrogens is 312 g/mol. The van der Waals surface area contributed by atoms with E-state index in [-0.39, 0.29) is 15.6 Å². The molecule has 0 heterocycles. The molecule has 0 aliphatic heterocycles. The second-order valence-electron chi connectivity index (χ2n) is 5.39. The largest absolute Gasteiger partial charge is 0.478 e. The maximum Gasteiger partial charge on any atom is 0.345 e. The van der Waals surface area contributed by atoms with Gasteiger partial charge in [0.1, 0.15) is 0 Å². The summed E-state index contributed by atoms with van der Waals surface area (Å²) in [5, 5.41) is 9.06. The highest BCUT2D eigenvalue weighted by Crippen LogP contribution is 2.28. The fourth-order valence-corrected chi connectivity index (χ4v) is 2.76. The lowest BCUT2D eigenvalue weighted by molar-refractivity contribution is -0.164. The summed E-state index contributed by atoms with van der Waals surface area (Å²) in [7, 11) is 0. The van der Waals surface area contributed by atoms with Gasteiger partial charge in [0.05, 0.1) is 5.92 Å². The molecule has 21 heavy (non-hydrogen) atoms. The zero-order valence-electron chi connectivity index (χ0n) is 13.2. The topological polar surface area (TPSA) is 80.7 Å². The van der Waals surface area contributed by atoms with Crippen molar-refractivity contribution >= 4 is 40.6 Å². The third-order valence-corrected chi connectivity index (χ3v) is 5.56. The lowest BCUT2D eigenvalue weighted by Gasteiger charge is -2.24. The van der Waals surface area contributed by atoms with Gasteiger partial charge in [-0.3, -0.25) is 9.59 Å². The zero-order valence-corrected chi connectivity index (χ0v) is 14.8. The number of esters is 1. The molecule has 0 aliphatic rings. The van der Waals surface area contributed by atoms with Crippen molar-refractivity contribution in [3.8, 4) is 0 Å². The van der Waals surface area contributed by atoms with Crippen LogP contribution in [-0.2, 0) is 19.1 Å². The maximum absolute atomic E-state index is 11.8. The summed E-state index contributed by atoms with van der Waals surface area (Å²) in [6.45, 7) is 9.11. The molecule has 0 spiro atoms. The van der Waals surface area contributed by atoms with Crippen molar-refractivity contribution in [3.05, 3.63) is 0 Å². The number of thioether (sulfide) groups is 2. The number of ether oxygens (including phenoxy) is 1. The Bertz CT molecular complexity index is 382. The standard InChI is InChI=1S/C14H24O5S2/c1-6-14(4,5)21-8-11(12(16)17)19-13(18)9(2)7-20-10(3)15/h9,11H,6-8H2,1-5H3,(H,16,17)/t9-,11?/m0/s1. The molecule has 0 aromatic rings. The van der Waals surface area contributed by atoms with E-state index < -0.39 is 24.0 Å². The third kappa shape index (κ3) is 9.03. The van der Waals surface area contributed by atoms with Crippen LogP contribution in [0.15, 0.2) is 0 Å². The van der Waals surface area contributed by atoms with Gasteiger partial charge in [0.25, 0.3) is 0 Å². The van der Waals surface area contributed by atoms with E-state index in [4.69, 9.17) is 9.84 Å². The first-order valence-corrected chi connectivity index (χ1v) is 8.76. The highest BCUT2D eigenvalue weighted by atomic mass is 32.2. The van der Waals surface area contributed by atoms with Crippen molar-refractivity contribution in [2.45, 2.75) is 51.9 Å². The Labute approximate surface area is 134 Å². The predicted molar refractivity (Wildman–Crippen MR) is 86.6 cm³/mol. The van der Waals surface area contributed by atoms with E-state index >= 15 is 0 Å². The summed E-state index contributed by atoms with van der Waals surface area (Å²) in [4.78, 5) is 33.9. The second kappa shape index (κ2) is 9.35. The van der Waals surface area contributed by atoms with Crippen LogP contribution in [0.2, 0.25) is 0 Å². The minimum absolute atomic E-state index is 0.0593. The summed E-state index contributed by atoms with van der Waals surface area (Å²) in [6.07, 6.45) is -0.262. The number of hydrogen-bond donors (Lipinski definition) is 1. The van der Waals surface area contributed by atoms with Crippen molar-refractivity contribution in [3.63, 3.8) is 0 Å². The summed E-state index contributed by atoms with van der Waals surface area (Å²) >= 11 is 2.50. The fraction of sp³-hybridized carbons (Fsp3) is 0.786. The van der Waals surface area contributed by atoms with Crippen molar-refractivity contribution in [2.75, 3.05) is 11.5 Å². The Morgan fingerprint density at radius 2 is 1.81 bits per heavy atom. The van der Waals surface area contributed by atoms with E-state index in [9.17, 15) is 14.4 Å². The normalized spacial score (nSPS) is 14.3. The van der Waals surface area contributed by atoms with Gasteiger partial charge in [-0.2, -0.15) is 11.8 Å². The minimum Gasteiger partial charge on any atom is -0.478 e. The molecule has 2 atom stereocenters. The van der Waals surface area contributed by atoms with Gasteiger partial charge < -0.3 is 9.84 Å². The van der Waals surface area contributed by atoms with E-state index in [1.165, 1.54) is 18.7 Å². The average Bonchev–Trinajstić information content (AvgIpc) is 2.39. The maximum atomic E-state index is 11.8. The lowest BCUT2D eigenvalue weighted by atomic mass is 10.1. The number of hydrogen-bond acceptors (Lipinski definition) is 6. The molecule has 0 aromatic carbocycles. The number of aliphatic carboxylic acids is 1. The Balaban J connectivity index is 4.46. The van der Waals surface area contributed by atoms with E-state index in [0.717, 1.165) is 18.2 Å². The van der Waals surface area contributed by atoms with Crippen LogP contribution in [0.4, 0.5) is 0 Å². The van der Waals surface area contributed by atoms with Crippen molar-refractivity contribution in [1.82, 2.24) is 0 Å². The molecule has 122 valence electrons. The van der Waals surface area contributed by atoms with Crippen molar-refractivity contribution in [1.29, 1.82) is 0 Å². The molecule has 0 aliphatic carbocycles. The summed E-state index contributed by atoms with van der Waals surface area (Å²) in [5.41, 5.74) is 0. The van der Waals surface area contributed by atoms with Crippen LogP contribution in [-0.4, -0.2) is 44.5 Å². The van der Waals surface area contributed by atoms with Crippen LogP contribution in [0.3, 0.4) is 0 Å². The van der Waals surface area contributed by atoms with Gasteiger partial charge >= 0.3 is 11.9 Å². The highest BCUT2D eigenvalue weighted by molar-refractivity contribution is 8.13. The Morgan fingerprint density at radius 1 is 1.24 bits per heavy atom. The van der Waals surface area contributed by atoms with E-state index in [0.29, 0.717) is 5.75 Å². The number of rotatable bonds is 9. The summed E-state index contributed by atoms with van der Waals surface area (Å²) in [6, 6.07) is 0. The summed E-state index contributed by atoms with van der Waals surface area (Å²) < 4.78 is 5.00. The third-order valence-electron chi connectivity index (χ3n) is 2.95. The predicted octanol–water partition coefficient (Wildman–Crippen LogP) is 2.82. The molecule has 0 aromatic heterocycles. The van der Waals surface area contributed by atoms with Gasteiger partial charge in [0.2, 0.25) is 6.10 Å². The molecule has 0 radical (unpaired) electrons. The summed E-state index contributed by atoms with van der Waals surface area (Å²) in [5.74, 6) is -1.71. The molecular formula is C14H24O5S2. The van der Waals surface area contributed by atoms with Gasteiger partial charge in [-0.05, 0) is 6.42 Å². The smallest absolute Gasteiger partial charge is 0.345 e. The molecule has 0 fully saturated rings. The molecule has 5 nitrogen and oxygen atoms in total. The van der Waals surface area contributed by atoms with Crippen LogP contribution < -0.4 is 0 Å². The second-order valence-corrected chi connectivity index (χ2v) is 8.32. The Kier molecular flexibility index (Phi) is 9.04. The Morgan fingerprint density at radius 3 is 2.24 bits per heavy atom. The number of carboxylic acids is 1. The molecule has 7 heteroatoms. The first-order chi connectivity index (χ1) is 9.59. The van der Waals surface area contributed by atoms with Crippen LogP contribution >= 0.6 is 23.5 Å². The van der Waals surface area contributed by atoms with Crippen LogP contribution in [0.5, 0.6) is 0 Å². The number of carbonyl (C=O) groups excluding carboxylic acids is 2. The Hall–Kier alpha value is -0.690. The molecule has 0 saturated heterocycles. The molecule has 0 bridgehead atoms. The van der Waals surface area contributed by atoms with Gasteiger partial charge in [0.15, 0.2) is 5.12 Å². The minimum atomic E-state index is -1.15. The molecule has 0 rings (SSSR count). The van der Waals surface area contributed by atoms with Gasteiger partial charge in [-0.25, -0.2) is 4.79 Å². The van der Waals surface area contributed by atoms with Gasteiger partial charge in [-0.15, -0.1) is 0 Å². The molecule has 1 unspecified atom stereocenters. The zero-order chi connectivity index (χ0) is 16.6. The fourth-order valence-electron chi connectivity index (χ4n) is 1.13. The molecule has 0 amide bonds.